The number of aliphatic hydroxyl groups excluding tert-OH is 1. The van der Waals surface area contributed by atoms with Crippen molar-refractivity contribution in [3.05, 3.63) is 47.5 Å². The molecule has 0 aliphatic carbocycles. The highest BCUT2D eigenvalue weighted by Gasteiger charge is 2.10. The minimum atomic E-state index is -0.471. The van der Waals surface area contributed by atoms with Gasteiger partial charge in [-0.3, -0.25) is 4.79 Å². The summed E-state index contributed by atoms with van der Waals surface area (Å²) in [5, 5.41) is 9.04. The number of ether oxygens (including phenoxy) is 1. The molecule has 0 aliphatic rings. The third-order valence-electron chi connectivity index (χ3n) is 4.21. The van der Waals surface area contributed by atoms with Crippen LogP contribution < -0.4 is 10.5 Å². The summed E-state index contributed by atoms with van der Waals surface area (Å²) in [4.78, 5) is 16.3. The van der Waals surface area contributed by atoms with Crippen molar-refractivity contribution in [1.82, 2.24) is 4.98 Å². The first-order valence-electron chi connectivity index (χ1n) is 9.29. The normalized spacial score (nSPS) is 11.1. The molecule has 0 spiro atoms. The number of benzene rings is 2. The van der Waals surface area contributed by atoms with Crippen molar-refractivity contribution in [2.24, 2.45) is 0 Å². The van der Waals surface area contributed by atoms with E-state index in [0.29, 0.717) is 12.2 Å². The maximum absolute atomic E-state index is 11.7. The van der Waals surface area contributed by atoms with Crippen molar-refractivity contribution in [1.29, 1.82) is 0 Å². The standard InChI is InChI=1S/C21H24N2O3S2/c1-2-4-15-11-14(18(25)13-24)5-8-19(15)26-9-3-10-27-21-23-17-7-6-16(22)12-20(17)28-21/h5-8,11-12,24H,2-4,9-10,13,22H2,1H3. The van der Waals surface area contributed by atoms with E-state index in [0.717, 1.165) is 56.6 Å². The number of fused-ring (bicyclic) bond motifs is 1. The number of thiazole rings is 1. The van der Waals surface area contributed by atoms with E-state index in [9.17, 15) is 4.79 Å². The largest absolute Gasteiger partial charge is 0.493 e. The molecule has 0 aliphatic heterocycles. The molecular weight excluding hydrogens is 392 g/mol. The molecule has 0 atom stereocenters. The second-order valence-corrected chi connectivity index (χ2v) is 8.78. The van der Waals surface area contributed by atoms with Crippen LogP contribution in [0.3, 0.4) is 0 Å². The van der Waals surface area contributed by atoms with Gasteiger partial charge < -0.3 is 15.6 Å². The van der Waals surface area contributed by atoms with Gasteiger partial charge in [-0.05, 0) is 54.8 Å². The fourth-order valence-electron chi connectivity index (χ4n) is 2.83. The molecule has 0 fully saturated rings. The molecule has 5 nitrogen and oxygen atoms in total. The third kappa shape index (κ3) is 5.25. The summed E-state index contributed by atoms with van der Waals surface area (Å²) < 4.78 is 8.10. The summed E-state index contributed by atoms with van der Waals surface area (Å²) >= 11 is 3.39. The van der Waals surface area contributed by atoms with Crippen molar-refractivity contribution < 1.29 is 14.6 Å². The summed E-state index contributed by atoms with van der Waals surface area (Å²) in [6.07, 6.45) is 2.70. The fraction of sp³-hybridized carbons (Fsp3) is 0.333. The Morgan fingerprint density at radius 1 is 1.29 bits per heavy atom. The van der Waals surface area contributed by atoms with Gasteiger partial charge in [0.2, 0.25) is 0 Å². The van der Waals surface area contributed by atoms with Gasteiger partial charge in [-0.2, -0.15) is 0 Å². The summed E-state index contributed by atoms with van der Waals surface area (Å²) in [6.45, 7) is 2.22. The van der Waals surface area contributed by atoms with Gasteiger partial charge in [0.05, 0.1) is 16.8 Å². The highest BCUT2D eigenvalue weighted by molar-refractivity contribution is 8.01. The number of carbonyl (C=O) groups excluding carboxylic acids is 1. The molecule has 0 saturated heterocycles. The molecule has 3 N–H and O–H groups in total. The second kappa shape index (κ2) is 9.91. The quantitative estimate of drug-likeness (QED) is 0.218. The number of nitrogens with two attached hydrogens (primary N) is 1. The summed E-state index contributed by atoms with van der Waals surface area (Å²) in [5.74, 6) is 1.47. The fourth-order valence-corrected chi connectivity index (χ4v) is 4.93. The van der Waals surface area contributed by atoms with E-state index in [4.69, 9.17) is 15.6 Å². The van der Waals surface area contributed by atoms with Gasteiger partial charge in [0.25, 0.3) is 0 Å². The maximum atomic E-state index is 11.7. The number of ketones is 1. The van der Waals surface area contributed by atoms with E-state index >= 15 is 0 Å². The Balaban J connectivity index is 1.52. The van der Waals surface area contributed by atoms with Crippen LogP contribution in [-0.2, 0) is 6.42 Å². The first-order valence-corrected chi connectivity index (χ1v) is 11.1. The number of hydrogen-bond acceptors (Lipinski definition) is 7. The van der Waals surface area contributed by atoms with Crippen LogP contribution in [0.25, 0.3) is 10.2 Å². The molecule has 2 aromatic carbocycles. The highest BCUT2D eigenvalue weighted by Crippen LogP contribution is 2.31. The van der Waals surface area contributed by atoms with Crippen molar-refractivity contribution >= 4 is 44.8 Å². The van der Waals surface area contributed by atoms with Gasteiger partial charge in [-0.1, -0.05) is 25.1 Å². The van der Waals surface area contributed by atoms with Crippen LogP contribution in [0.15, 0.2) is 40.7 Å². The number of rotatable bonds is 10. The van der Waals surface area contributed by atoms with E-state index in [-0.39, 0.29) is 5.78 Å². The van der Waals surface area contributed by atoms with Crippen molar-refractivity contribution in [3.63, 3.8) is 0 Å². The van der Waals surface area contributed by atoms with Crippen LogP contribution in [0.4, 0.5) is 5.69 Å². The number of thioether (sulfide) groups is 1. The van der Waals surface area contributed by atoms with Gasteiger partial charge in [-0.15, -0.1) is 11.3 Å². The number of carbonyl (C=O) groups is 1. The number of aliphatic hydroxyl groups is 1. The molecule has 1 aromatic heterocycles. The second-order valence-electron chi connectivity index (χ2n) is 6.41. The third-order valence-corrected chi connectivity index (χ3v) is 6.46. The number of hydrogen-bond donors (Lipinski definition) is 2. The van der Waals surface area contributed by atoms with Gasteiger partial charge >= 0.3 is 0 Å². The molecular formula is C21H24N2O3S2. The number of nitrogens with zero attached hydrogens (tertiary/aromatic N) is 1. The topological polar surface area (TPSA) is 85.4 Å². The van der Waals surface area contributed by atoms with Crippen LogP contribution in [-0.4, -0.2) is 34.8 Å². The predicted octanol–water partition coefficient (Wildman–Crippen LogP) is 4.57. The lowest BCUT2D eigenvalue weighted by atomic mass is 10.0. The summed E-state index contributed by atoms with van der Waals surface area (Å²) in [7, 11) is 0. The molecule has 1 heterocycles. The van der Waals surface area contributed by atoms with Crippen molar-refractivity contribution in [2.75, 3.05) is 24.7 Å². The Morgan fingerprint density at radius 3 is 2.93 bits per heavy atom. The molecule has 0 unspecified atom stereocenters. The van der Waals surface area contributed by atoms with Crippen molar-refractivity contribution in [3.8, 4) is 5.75 Å². The molecule has 0 bridgehead atoms. The average molecular weight is 417 g/mol. The van der Waals surface area contributed by atoms with Crippen LogP contribution in [0, 0.1) is 0 Å². The highest BCUT2D eigenvalue weighted by atomic mass is 32.2. The van der Waals surface area contributed by atoms with E-state index in [2.05, 4.69) is 11.9 Å². The lowest BCUT2D eigenvalue weighted by molar-refractivity contribution is 0.0903. The maximum Gasteiger partial charge on any atom is 0.188 e. The summed E-state index contributed by atoms with van der Waals surface area (Å²) in [6, 6.07) is 11.2. The Hall–Kier alpha value is -2.09. The number of aromatic nitrogens is 1. The van der Waals surface area contributed by atoms with Crippen LogP contribution in [0.2, 0.25) is 0 Å². The lowest BCUT2D eigenvalue weighted by Crippen LogP contribution is -2.07. The number of aryl methyl sites for hydroxylation is 1. The van der Waals surface area contributed by atoms with Gasteiger partial charge in [0.15, 0.2) is 10.1 Å². The van der Waals surface area contributed by atoms with Crippen LogP contribution in [0.5, 0.6) is 5.75 Å². The van der Waals surface area contributed by atoms with Gasteiger partial charge in [0, 0.05) is 17.0 Å². The number of Topliss-reactive ketones (excluding diaryl/α,β-unsaturated/α-hetero) is 1. The zero-order valence-electron chi connectivity index (χ0n) is 15.8. The Morgan fingerprint density at radius 2 is 2.14 bits per heavy atom. The first kappa shape index (κ1) is 20.6. The zero-order valence-corrected chi connectivity index (χ0v) is 17.4. The zero-order chi connectivity index (χ0) is 19.9. The lowest BCUT2D eigenvalue weighted by Gasteiger charge is -2.12. The van der Waals surface area contributed by atoms with E-state index < -0.39 is 6.61 Å². The minimum absolute atomic E-state index is 0.266. The van der Waals surface area contributed by atoms with Crippen LogP contribution >= 0.6 is 23.1 Å². The van der Waals surface area contributed by atoms with Crippen LogP contribution in [0.1, 0.15) is 35.7 Å². The van der Waals surface area contributed by atoms with Gasteiger partial charge in [0.1, 0.15) is 12.4 Å². The van der Waals surface area contributed by atoms with E-state index in [1.54, 1.807) is 29.2 Å². The molecule has 0 radical (unpaired) electrons. The van der Waals surface area contributed by atoms with Crippen molar-refractivity contribution in [2.45, 2.75) is 30.5 Å². The molecule has 148 valence electrons. The Bertz CT molecular complexity index is 956. The molecule has 0 saturated carbocycles. The number of anilines is 1. The minimum Gasteiger partial charge on any atom is -0.493 e. The van der Waals surface area contributed by atoms with E-state index in [1.165, 1.54) is 0 Å². The summed E-state index contributed by atoms with van der Waals surface area (Å²) in [5.41, 5.74) is 9.11. The number of nitrogen functional groups attached to an aromatic ring is 1. The smallest absolute Gasteiger partial charge is 0.188 e. The van der Waals surface area contributed by atoms with E-state index in [1.807, 2.05) is 30.3 Å². The molecule has 7 heteroatoms. The SMILES string of the molecule is CCCc1cc(C(=O)CO)ccc1OCCCSc1nc2ccc(N)cc2s1. The molecule has 3 aromatic rings. The monoisotopic (exact) mass is 416 g/mol. The Labute approximate surface area is 172 Å². The molecule has 0 amide bonds. The predicted molar refractivity (Wildman–Crippen MR) is 117 cm³/mol. The molecule has 28 heavy (non-hydrogen) atoms. The molecule has 3 rings (SSSR count). The van der Waals surface area contributed by atoms with Gasteiger partial charge in [-0.25, -0.2) is 4.98 Å². The average Bonchev–Trinajstić information content (AvgIpc) is 3.10. The first-order chi connectivity index (χ1) is 13.6. The Kier molecular flexibility index (Phi) is 7.30.